The van der Waals surface area contributed by atoms with Crippen LogP contribution in [0, 0.1) is 0 Å². The fourth-order valence-corrected chi connectivity index (χ4v) is 3.02. The predicted molar refractivity (Wildman–Crippen MR) is 72.9 cm³/mol. The van der Waals surface area contributed by atoms with Crippen molar-refractivity contribution in [1.29, 1.82) is 0 Å². The summed E-state index contributed by atoms with van der Waals surface area (Å²) in [5, 5.41) is 2.69. The van der Waals surface area contributed by atoms with Gasteiger partial charge in [0.15, 0.2) is 0 Å². The quantitative estimate of drug-likeness (QED) is 0.728. The maximum atomic E-state index is 13.0. The Kier molecular flexibility index (Phi) is 4.11. The van der Waals surface area contributed by atoms with E-state index < -0.39 is 41.6 Å². The molecule has 1 aromatic rings. The maximum absolute atomic E-state index is 13.0. The largest absolute Gasteiger partial charge is 0.432 e. The van der Waals surface area contributed by atoms with E-state index in [2.05, 4.69) is 15.7 Å². The van der Waals surface area contributed by atoms with Gasteiger partial charge < -0.3 is 5.32 Å². The molecule has 0 radical (unpaired) electrons. The zero-order valence-corrected chi connectivity index (χ0v) is 12.8. The van der Waals surface area contributed by atoms with Gasteiger partial charge in [0, 0.05) is 18.8 Å². The average Bonchev–Trinajstić information content (AvgIpc) is 2.87. The van der Waals surface area contributed by atoms with Gasteiger partial charge in [0.25, 0.3) is 0 Å². The summed E-state index contributed by atoms with van der Waals surface area (Å²) in [6.07, 6.45) is -9.67. The summed E-state index contributed by atoms with van der Waals surface area (Å²) in [7, 11) is 0. The van der Waals surface area contributed by atoms with Crippen molar-refractivity contribution in [2.45, 2.75) is 24.4 Å². The molecule has 0 aliphatic carbocycles. The Morgan fingerprint density at radius 3 is 2.44 bits per heavy atom. The molecule has 3 rings (SSSR count). The van der Waals surface area contributed by atoms with E-state index in [4.69, 9.17) is 11.6 Å². The molecular weight excluding hydrogens is 378 g/mol. The topological polar surface area (TPSA) is 57.3 Å². The third kappa shape index (κ3) is 3.25. The number of fused-ring (bicyclic) bond motifs is 1. The molecule has 0 aromatic carbocycles. The van der Waals surface area contributed by atoms with Crippen LogP contribution in [0.3, 0.4) is 0 Å². The van der Waals surface area contributed by atoms with Gasteiger partial charge in [-0.25, -0.2) is 5.43 Å². The van der Waals surface area contributed by atoms with E-state index in [1.54, 1.807) is 0 Å². The summed E-state index contributed by atoms with van der Waals surface area (Å²) in [5.74, 6) is -1.84. The first-order chi connectivity index (χ1) is 11.5. The Labute approximate surface area is 141 Å². The minimum absolute atomic E-state index is 0.0432. The number of alkyl halides is 6. The average molecular weight is 387 g/mol. The summed E-state index contributed by atoms with van der Waals surface area (Å²) in [6.45, 7) is -0.101. The van der Waals surface area contributed by atoms with Gasteiger partial charge in [0.05, 0.1) is 22.2 Å². The standard InChI is InChI=1S/C13H9ClF6N4O/c14-7-1-5(12(15,16)17)3-21-10(7)6-4-22-24-8(13(18,19)20)2-9(25)23-11(6)24/h1-3,6,11,22H,4H2,(H,23,25). The van der Waals surface area contributed by atoms with E-state index in [1.807, 2.05) is 0 Å². The van der Waals surface area contributed by atoms with Crippen LogP contribution in [-0.4, -0.2) is 34.8 Å². The molecule has 2 N–H and O–H groups in total. The molecule has 0 spiro atoms. The van der Waals surface area contributed by atoms with E-state index in [9.17, 15) is 31.1 Å². The molecule has 12 heteroatoms. The van der Waals surface area contributed by atoms with Crippen LogP contribution in [0.5, 0.6) is 0 Å². The Bertz CT molecular complexity index is 747. The summed E-state index contributed by atoms with van der Waals surface area (Å²) in [5.41, 5.74) is 0.144. The second-order valence-electron chi connectivity index (χ2n) is 5.41. The lowest BCUT2D eigenvalue weighted by molar-refractivity contribution is -0.137. The normalized spacial score (nSPS) is 24.0. The van der Waals surface area contributed by atoms with Crippen LogP contribution >= 0.6 is 11.6 Å². The van der Waals surface area contributed by atoms with Crippen molar-refractivity contribution in [2.24, 2.45) is 0 Å². The van der Waals surface area contributed by atoms with Gasteiger partial charge in [0.1, 0.15) is 11.9 Å². The molecular formula is C13H9ClF6N4O. The molecule has 2 unspecified atom stereocenters. The Morgan fingerprint density at radius 2 is 1.88 bits per heavy atom. The van der Waals surface area contributed by atoms with Gasteiger partial charge in [-0.1, -0.05) is 11.6 Å². The van der Waals surface area contributed by atoms with Crippen molar-refractivity contribution in [3.63, 3.8) is 0 Å². The number of pyridine rings is 1. The van der Waals surface area contributed by atoms with Crippen LogP contribution in [-0.2, 0) is 11.0 Å². The first kappa shape index (κ1) is 17.8. The Balaban J connectivity index is 1.94. The lowest BCUT2D eigenvalue weighted by atomic mass is 10.00. The molecule has 1 fully saturated rings. The van der Waals surface area contributed by atoms with Gasteiger partial charge in [-0.05, 0) is 6.07 Å². The molecule has 2 atom stereocenters. The molecule has 2 aliphatic heterocycles. The molecule has 1 amide bonds. The third-order valence-electron chi connectivity index (χ3n) is 3.80. The van der Waals surface area contributed by atoms with E-state index in [-0.39, 0.29) is 17.3 Å². The van der Waals surface area contributed by atoms with Gasteiger partial charge in [-0.3, -0.25) is 14.8 Å². The number of hydrogen-bond acceptors (Lipinski definition) is 4. The molecule has 2 aliphatic rings. The molecule has 25 heavy (non-hydrogen) atoms. The van der Waals surface area contributed by atoms with Crippen molar-refractivity contribution < 1.29 is 31.1 Å². The van der Waals surface area contributed by atoms with Crippen molar-refractivity contribution in [1.82, 2.24) is 20.7 Å². The smallest absolute Gasteiger partial charge is 0.330 e. The van der Waals surface area contributed by atoms with Crippen molar-refractivity contribution >= 4 is 17.5 Å². The summed E-state index contributed by atoms with van der Waals surface area (Å²) < 4.78 is 77.2. The van der Waals surface area contributed by atoms with Crippen molar-refractivity contribution in [3.05, 3.63) is 40.3 Å². The second kappa shape index (κ2) is 5.77. The Morgan fingerprint density at radius 1 is 1.20 bits per heavy atom. The number of hydrogen-bond donors (Lipinski definition) is 2. The number of carbonyl (C=O) groups is 1. The zero-order valence-electron chi connectivity index (χ0n) is 12.0. The summed E-state index contributed by atoms with van der Waals surface area (Å²) in [4.78, 5) is 15.2. The molecule has 3 heterocycles. The van der Waals surface area contributed by atoms with Crippen LogP contribution in [0.4, 0.5) is 26.3 Å². The number of allylic oxidation sites excluding steroid dienone is 1. The highest BCUT2D eigenvalue weighted by Gasteiger charge is 2.49. The number of carbonyl (C=O) groups excluding carboxylic acids is 1. The highest BCUT2D eigenvalue weighted by molar-refractivity contribution is 6.31. The molecule has 5 nitrogen and oxygen atoms in total. The first-order valence-electron chi connectivity index (χ1n) is 6.83. The molecule has 1 saturated heterocycles. The van der Waals surface area contributed by atoms with Gasteiger partial charge >= 0.3 is 12.4 Å². The molecule has 0 bridgehead atoms. The first-order valence-corrected chi connectivity index (χ1v) is 7.21. The van der Waals surface area contributed by atoms with Crippen molar-refractivity contribution in [2.75, 3.05) is 6.54 Å². The van der Waals surface area contributed by atoms with Gasteiger partial charge in [-0.15, -0.1) is 0 Å². The van der Waals surface area contributed by atoms with Crippen LogP contribution in [0.1, 0.15) is 17.2 Å². The number of hydrazine groups is 1. The second-order valence-corrected chi connectivity index (χ2v) is 5.82. The number of nitrogens with one attached hydrogen (secondary N) is 2. The van der Waals surface area contributed by atoms with Crippen molar-refractivity contribution in [3.8, 4) is 0 Å². The fraction of sp³-hybridized carbons (Fsp3) is 0.385. The number of amides is 1. The highest BCUT2D eigenvalue weighted by atomic mass is 35.5. The number of aromatic nitrogens is 1. The SMILES string of the molecule is O=C1C=C(C(F)(F)F)N2NCC(c3ncc(C(F)(F)F)cc3Cl)C2N1. The van der Waals surface area contributed by atoms with Gasteiger partial charge in [0.2, 0.25) is 5.91 Å². The lowest BCUT2D eigenvalue weighted by Gasteiger charge is -2.34. The highest BCUT2D eigenvalue weighted by Crippen LogP contribution is 2.39. The fourth-order valence-electron chi connectivity index (χ4n) is 2.71. The van der Waals surface area contributed by atoms with Crippen LogP contribution < -0.4 is 10.7 Å². The zero-order chi connectivity index (χ0) is 18.6. The Hall–Kier alpha value is -2.01. The number of nitrogens with zero attached hydrogens (tertiary/aromatic N) is 2. The maximum Gasteiger partial charge on any atom is 0.432 e. The number of halogens is 7. The molecule has 1 aromatic heterocycles. The summed E-state index contributed by atoms with van der Waals surface area (Å²) >= 11 is 5.85. The van der Waals surface area contributed by atoms with Crippen LogP contribution in [0.2, 0.25) is 5.02 Å². The van der Waals surface area contributed by atoms with Crippen LogP contribution in [0.25, 0.3) is 0 Å². The minimum atomic E-state index is -4.78. The predicted octanol–water partition coefficient (Wildman–Crippen LogP) is 2.56. The van der Waals surface area contributed by atoms with Gasteiger partial charge in [-0.2, -0.15) is 26.3 Å². The minimum Gasteiger partial charge on any atom is -0.330 e. The monoisotopic (exact) mass is 386 g/mol. The van der Waals surface area contributed by atoms with Crippen LogP contribution in [0.15, 0.2) is 24.0 Å². The summed E-state index contributed by atoms with van der Waals surface area (Å²) in [6, 6.07) is 0.651. The van der Waals surface area contributed by atoms with E-state index in [1.165, 1.54) is 0 Å². The number of rotatable bonds is 1. The van der Waals surface area contributed by atoms with E-state index in [0.29, 0.717) is 23.3 Å². The molecule has 0 saturated carbocycles. The lowest BCUT2D eigenvalue weighted by Crippen LogP contribution is -2.54. The van der Waals surface area contributed by atoms with E-state index >= 15 is 0 Å². The van der Waals surface area contributed by atoms with E-state index in [0.717, 1.165) is 0 Å². The molecule has 136 valence electrons. The third-order valence-corrected chi connectivity index (χ3v) is 4.10.